The maximum absolute atomic E-state index is 10.9. The molecule has 0 saturated heterocycles. The number of methoxy groups -OCH3 is 1. The molecular formula is C14H22N2O4. The first-order valence-corrected chi connectivity index (χ1v) is 6.74. The summed E-state index contributed by atoms with van der Waals surface area (Å²) in [5, 5.41) is 14.2. The van der Waals surface area contributed by atoms with Gasteiger partial charge in [0.05, 0.1) is 24.7 Å². The molecule has 6 nitrogen and oxygen atoms in total. The second-order valence-electron chi connectivity index (χ2n) is 4.71. The Morgan fingerprint density at radius 3 is 2.80 bits per heavy atom. The quantitative estimate of drug-likeness (QED) is 0.428. The molecule has 6 heteroatoms. The van der Waals surface area contributed by atoms with Crippen LogP contribution in [0, 0.1) is 16.0 Å². The number of hydrogen-bond donors (Lipinski definition) is 1. The van der Waals surface area contributed by atoms with Crippen molar-refractivity contribution < 1.29 is 14.4 Å². The van der Waals surface area contributed by atoms with Crippen LogP contribution in [0.2, 0.25) is 0 Å². The van der Waals surface area contributed by atoms with Crippen molar-refractivity contribution >= 4 is 5.69 Å². The van der Waals surface area contributed by atoms with Gasteiger partial charge in [0.25, 0.3) is 0 Å². The summed E-state index contributed by atoms with van der Waals surface area (Å²) in [5.74, 6) is 1.06. The maximum Gasteiger partial charge on any atom is 0.314 e. The van der Waals surface area contributed by atoms with Crippen molar-refractivity contribution in [2.75, 3.05) is 26.8 Å². The van der Waals surface area contributed by atoms with Gasteiger partial charge in [-0.25, -0.2) is 0 Å². The lowest BCUT2D eigenvalue weighted by Gasteiger charge is -2.14. The topological polar surface area (TPSA) is 73.6 Å². The molecule has 0 radical (unpaired) electrons. The third kappa shape index (κ3) is 5.05. The lowest BCUT2D eigenvalue weighted by Crippen LogP contribution is -2.25. The minimum Gasteiger partial charge on any atom is -0.493 e. The zero-order valence-electron chi connectivity index (χ0n) is 12.2. The van der Waals surface area contributed by atoms with Crippen LogP contribution in [0.4, 0.5) is 5.69 Å². The highest BCUT2D eigenvalue weighted by Crippen LogP contribution is 2.30. The molecule has 0 spiro atoms. The molecule has 1 aromatic rings. The summed E-state index contributed by atoms with van der Waals surface area (Å²) in [6.45, 7) is 6.55. The summed E-state index contributed by atoms with van der Waals surface area (Å²) < 4.78 is 10.5. The van der Waals surface area contributed by atoms with E-state index >= 15 is 0 Å². The van der Waals surface area contributed by atoms with E-state index in [1.54, 1.807) is 12.1 Å². The molecule has 1 atom stereocenters. The third-order valence-electron chi connectivity index (χ3n) is 2.80. The second kappa shape index (κ2) is 8.37. The van der Waals surface area contributed by atoms with Crippen molar-refractivity contribution in [3.05, 3.63) is 28.3 Å². The molecule has 0 aromatic heterocycles. The van der Waals surface area contributed by atoms with E-state index in [9.17, 15) is 10.1 Å². The summed E-state index contributed by atoms with van der Waals surface area (Å²) in [4.78, 5) is 10.4. The third-order valence-corrected chi connectivity index (χ3v) is 2.80. The fourth-order valence-corrected chi connectivity index (χ4v) is 1.72. The van der Waals surface area contributed by atoms with Crippen molar-refractivity contribution in [3.63, 3.8) is 0 Å². The number of benzene rings is 1. The van der Waals surface area contributed by atoms with Crippen LogP contribution in [0.25, 0.3) is 0 Å². The lowest BCUT2D eigenvalue weighted by molar-refractivity contribution is -0.385. The van der Waals surface area contributed by atoms with Crippen LogP contribution < -0.4 is 14.8 Å². The summed E-state index contributed by atoms with van der Waals surface area (Å²) in [6, 6.07) is 4.62. The highest BCUT2D eigenvalue weighted by Gasteiger charge is 2.16. The Bertz CT molecular complexity index is 437. The first-order valence-electron chi connectivity index (χ1n) is 6.74. The molecule has 1 unspecified atom stereocenters. The van der Waals surface area contributed by atoms with Crippen LogP contribution in [0.1, 0.15) is 20.3 Å². The Hall–Kier alpha value is -1.82. The minimum absolute atomic E-state index is 0.0817. The van der Waals surface area contributed by atoms with Crippen LogP contribution >= 0.6 is 0 Å². The number of nitrogens with one attached hydrogen (secondary N) is 1. The molecule has 0 fully saturated rings. The van der Waals surface area contributed by atoms with Crippen molar-refractivity contribution in [1.29, 1.82) is 0 Å². The van der Waals surface area contributed by atoms with Crippen molar-refractivity contribution in [2.45, 2.75) is 20.3 Å². The predicted molar refractivity (Wildman–Crippen MR) is 77.5 cm³/mol. The van der Waals surface area contributed by atoms with Gasteiger partial charge in [0.2, 0.25) is 0 Å². The molecule has 112 valence electrons. The van der Waals surface area contributed by atoms with Gasteiger partial charge in [-0.2, -0.15) is 0 Å². The van der Waals surface area contributed by atoms with Gasteiger partial charge in [0, 0.05) is 12.5 Å². The molecule has 0 aliphatic heterocycles. The van der Waals surface area contributed by atoms with E-state index in [0.717, 1.165) is 19.5 Å². The van der Waals surface area contributed by atoms with Crippen molar-refractivity contribution in [1.82, 2.24) is 5.32 Å². The smallest absolute Gasteiger partial charge is 0.314 e. The van der Waals surface area contributed by atoms with E-state index in [0.29, 0.717) is 18.3 Å². The first kappa shape index (κ1) is 16.2. The molecule has 1 N–H and O–H groups in total. The van der Waals surface area contributed by atoms with E-state index < -0.39 is 4.92 Å². The Kier molecular flexibility index (Phi) is 6.79. The van der Waals surface area contributed by atoms with Gasteiger partial charge in [-0.05, 0) is 25.1 Å². The summed E-state index contributed by atoms with van der Waals surface area (Å²) in [5.41, 5.74) is -0.0817. The molecule has 0 aliphatic rings. The second-order valence-corrected chi connectivity index (χ2v) is 4.71. The van der Waals surface area contributed by atoms with Gasteiger partial charge in [-0.15, -0.1) is 0 Å². The predicted octanol–water partition coefficient (Wildman–Crippen LogP) is 2.62. The molecule has 0 bridgehead atoms. The lowest BCUT2D eigenvalue weighted by atomic mass is 10.2. The number of hydrogen-bond acceptors (Lipinski definition) is 5. The molecule has 0 saturated carbocycles. The fourth-order valence-electron chi connectivity index (χ4n) is 1.72. The number of nitro groups is 1. The number of ether oxygens (including phenoxy) is 2. The van der Waals surface area contributed by atoms with Gasteiger partial charge in [0.1, 0.15) is 5.75 Å². The molecule has 20 heavy (non-hydrogen) atoms. The largest absolute Gasteiger partial charge is 0.493 e. The van der Waals surface area contributed by atoms with E-state index in [1.165, 1.54) is 13.2 Å². The Balaban J connectivity index is 2.56. The molecular weight excluding hydrogens is 260 g/mol. The maximum atomic E-state index is 10.9. The Morgan fingerprint density at radius 1 is 1.45 bits per heavy atom. The fraction of sp³-hybridized carbons (Fsp3) is 0.571. The molecule has 0 aliphatic carbocycles. The Morgan fingerprint density at radius 2 is 2.20 bits per heavy atom. The highest BCUT2D eigenvalue weighted by molar-refractivity contribution is 5.50. The van der Waals surface area contributed by atoms with E-state index in [-0.39, 0.29) is 11.4 Å². The average molecular weight is 282 g/mol. The van der Waals surface area contributed by atoms with Gasteiger partial charge < -0.3 is 14.8 Å². The van der Waals surface area contributed by atoms with Crippen LogP contribution in [0.5, 0.6) is 11.5 Å². The van der Waals surface area contributed by atoms with Gasteiger partial charge in [-0.3, -0.25) is 10.1 Å². The summed E-state index contributed by atoms with van der Waals surface area (Å²) in [6.07, 6.45) is 1.10. The zero-order chi connectivity index (χ0) is 15.0. The molecule has 0 heterocycles. The van der Waals surface area contributed by atoms with Gasteiger partial charge in [0.15, 0.2) is 5.75 Å². The number of nitrogens with zero attached hydrogens (tertiary/aromatic N) is 1. The van der Waals surface area contributed by atoms with Crippen LogP contribution in [-0.4, -0.2) is 31.7 Å². The van der Waals surface area contributed by atoms with Crippen molar-refractivity contribution in [2.24, 2.45) is 5.92 Å². The minimum atomic E-state index is -0.474. The molecule has 0 amide bonds. The first-order chi connectivity index (χ1) is 9.58. The molecule has 1 rings (SSSR count). The van der Waals surface area contributed by atoms with Crippen LogP contribution in [0.15, 0.2) is 18.2 Å². The van der Waals surface area contributed by atoms with Crippen LogP contribution in [-0.2, 0) is 0 Å². The zero-order valence-corrected chi connectivity index (χ0v) is 12.2. The highest BCUT2D eigenvalue weighted by atomic mass is 16.6. The normalized spacial score (nSPS) is 11.9. The Labute approximate surface area is 119 Å². The SMILES string of the molecule is CCCNCC(C)COc1ccc(OC)c([N+](=O)[O-])c1. The monoisotopic (exact) mass is 282 g/mol. The van der Waals surface area contributed by atoms with Gasteiger partial charge >= 0.3 is 5.69 Å². The number of nitro benzene ring substituents is 1. The van der Waals surface area contributed by atoms with E-state index in [4.69, 9.17) is 9.47 Å². The summed E-state index contributed by atoms with van der Waals surface area (Å²) in [7, 11) is 1.41. The molecule has 1 aromatic carbocycles. The standard InChI is InChI=1S/C14H22N2O4/c1-4-7-15-9-11(2)10-20-12-5-6-14(19-3)13(8-12)16(17)18/h5-6,8,11,15H,4,7,9-10H2,1-3H3. The van der Waals surface area contributed by atoms with Crippen LogP contribution in [0.3, 0.4) is 0 Å². The van der Waals surface area contributed by atoms with Crippen molar-refractivity contribution in [3.8, 4) is 11.5 Å². The van der Waals surface area contributed by atoms with E-state index in [2.05, 4.69) is 19.2 Å². The van der Waals surface area contributed by atoms with E-state index in [1.807, 2.05) is 0 Å². The average Bonchev–Trinajstić information content (AvgIpc) is 2.45. The van der Waals surface area contributed by atoms with Gasteiger partial charge in [-0.1, -0.05) is 13.8 Å². The number of rotatable bonds is 9. The summed E-state index contributed by atoms with van der Waals surface area (Å²) >= 11 is 0.